The van der Waals surface area contributed by atoms with Gasteiger partial charge >= 0.3 is 11.6 Å². The molecule has 32 heavy (non-hydrogen) atoms. The molecule has 11 heteroatoms. The first kappa shape index (κ1) is 23.9. The van der Waals surface area contributed by atoms with E-state index in [4.69, 9.17) is 20.8 Å². The molecule has 0 bridgehead atoms. The summed E-state index contributed by atoms with van der Waals surface area (Å²) in [5, 5.41) is 10.8. The summed E-state index contributed by atoms with van der Waals surface area (Å²) in [6, 6.07) is 6.53. The topological polar surface area (TPSA) is 123 Å². The molecule has 2 atom stereocenters. The molecule has 8 nitrogen and oxygen atoms in total. The summed E-state index contributed by atoms with van der Waals surface area (Å²) in [4.78, 5) is 24.1. The normalized spacial score (nSPS) is 13.7. The van der Waals surface area contributed by atoms with Gasteiger partial charge in [0.2, 0.25) is 10.0 Å². The van der Waals surface area contributed by atoms with Crippen LogP contribution in [-0.4, -0.2) is 31.6 Å². The summed E-state index contributed by atoms with van der Waals surface area (Å²) in [6.45, 7) is 2.53. The van der Waals surface area contributed by atoms with Gasteiger partial charge in [-0.25, -0.2) is 17.6 Å². The summed E-state index contributed by atoms with van der Waals surface area (Å²) in [5.41, 5.74) is 0.543. The highest BCUT2D eigenvalue weighted by atomic mass is 35.5. The number of hydrogen-bond acceptors (Lipinski definition) is 7. The monoisotopic (exact) mass is 483 g/mol. The number of ether oxygens (including phenoxy) is 1. The molecule has 0 aliphatic carbocycles. The molecule has 0 fully saturated rings. The number of fused-ring (bicyclic) bond motifs is 1. The molecule has 0 unspecified atom stereocenters. The number of rotatable bonds is 7. The van der Waals surface area contributed by atoms with E-state index in [0.717, 1.165) is 30.3 Å². The second-order valence-electron chi connectivity index (χ2n) is 7.09. The van der Waals surface area contributed by atoms with Crippen LogP contribution in [0.1, 0.15) is 18.1 Å². The van der Waals surface area contributed by atoms with Crippen LogP contribution in [0.5, 0.6) is 0 Å². The molecule has 0 saturated carbocycles. The summed E-state index contributed by atoms with van der Waals surface area (Å²) in [7, 11) is -4.26. The lowest BCUT2D eigenvalue weighted by Gasteiger charge is -2.20. The van der Waals surface area contributed by atoms with Crippen molar-refractivity contribution in [3.63, 3.8) is 0 Å². The Balaban J connectivity index is 1.82. The van der Waals surface area contributed by atoms with Gasteiger partial charge in [0.1, 0.15) is 24.0 Å². The molecule has 0 aliphatic heterocycles. The van der Waals surface area contributed by atoms with Gasteiger partial charge in [-0.15, -0.1) is 0 Å². The quantitative estimate of drug-likeness (QED) is 0.391. The highest BCUT2D eigenvalue weighted by Crippen LogP contribution is 2.25. The third-order valence-electron chi connectivity index (χ3n) is 4.62. The lowest BCUT2D eigenvalue weighted by Crippen LogP contribution is -2.48. The van der Waals surface area contributed by atoms with Crippen LogP contribution < -0.4 is 10.3 Å². The fourth-order valence-corrected chi connectivity index (χ4v) is 4.32. The Kier molecular flexibility index (Phi) is 6.99. The van der Waals surface area contributed by atoms with Crippen molar-refractivity contribution in [3.8, 4) is 0 Å². The summed E-state index contributed by atoms with van der Waals surface area (Å²) < 4.78 is 50.5. The van der Waals surface area contributed by atoms with Crippen molar-refractivity contribution in [1.82, 2.24) is 4.72 Å². The SMILES string of the molecule is Cc1cc2oc(=O)cc(COC(=O)[C@H](NS(=O)(=O)c3ccc(F)cc3)[C@H](C)O)c2cc1Cl. The van der Waals surface area contributed by atoms with Crippen molar-refractivity contribution in [1.29, 1.82) is 0 Å². The van der Waals surface area contributed by atoms with Gasteiger partial charge in [0.15, 0.2) is 0 Å². The van der Waals surface area contributed by atoms with E-state index in [0.29, 0.717) is 16.0 Å². The van der Waals surface area contributed by atoms with Crippen LogP contribution in [0.4, 0.5) is 4.39 Å². The molecule has 170 valence electrons. The molecule has 0 saturated heterocycles. The minimum absolute atomic E-state index is 0.245. The number of nitrogens with one attached hydrogen (secondary N) is 1. The predicted molar refractivity (Wildman–Crippen MR) is 114 cm³/mol. The molecule has 2 N–H and O–H groups in total. The minimum atomic E-state index is -4.26. The lowest BCUT2D eigenvalue weighted by molar-refractivity contribution is -0.149. The average Bonchev–Trinajstić information content (AvgIpc) is 2.71. The van der Waals surface area contributed by atoms with E-state index >= 15 is 0 Å². The van der Waals surface area contributed by atoms with E-state index in [-0.39, 0.29) is 16.0 Å². The second kappa shape index (κ2) is 9.37. The molecule has 3 aromatic rings. The van der Waals surface area contributed by atoms with Crippen LogP contribution >= 0.6 is 11.6 Å². The standard InChI is InChI=1S/C21H19ClFNO7S/c1-11-7-18-16(9-17(11)22)13(8-19(26)31-18)10-30-21(27)20(12(2)25)24-32(28,29)15-5-3-14(23)4-6-15/h3-9,12,20,24-25H,10H2,1-2H3/t12-,20+/m0/s1. The van der Waals surface area contributed by atoms with E-state index in [1.54, 1.807) is 19.1 Å². The summed E-state index contributed by atoms with van der Waals surface area (Å²) in [5.74, 6) is -1.71. The van der Waals surface area contributed by atoms with E-state index < -0.39 is 46.2 Å². The second-order valence-corrected chi connectivity index (χ2v) is 9.21. The molecule has 2 aromatic carbocycles. The molecule has 0 spiro atoms. The number of carbonyl (C=O) groups is 1. The smallest absolute Gasteiger partial charge is 0.336 e. The highest BCUT2D eigenvalue weighted by molar-refractivity contribution is 7.89. The van der Waals surface area contributed by atoms with E-state index in [2.05, 4.69) is 4.72 Å². The Morgan fingerprint density at radius 2 is 1.91 bits per heavy atom. The Labute approximate surface area is 187 Å². The third-order valence-corrected chi connectivity index (χ3v) is 6.49. The summed E-state index contributed by atoms with van der Waals surface area (Å²) in [6.07, 6.45) is -1.45. The number of halogens is 2. The number of benzene rings is 2. The highest BCUT2D eigenvalue weighted by Gasteiger charge is 2.31. The number of hydrogen-bond donors (Lipinski definition) is 2. The first-order chi connectivity index (χ1) is 15.0. The largest absolute Gasteiger partial charge is 0.460 e. The number of carbonyl (C=O) groups excluding carboxylic acids is 1. The van der Waals surface area contributed by atoms with Gasteiger partial charge < -0.3 is 14.3 Å². The molecular formula is C21H19ClFNO7S. The Morgan fingerprint density at radius 1 is 1.25 bits per heavy atom. The third kappa shape index (κ3) is 5.33. The maximum atomic E-state index is 13.1. The van der Waals surface area contributed by atoms with Crippen molar-refractivity contribution in [3.05, 3.63) is 74.9 Å². The maximum Gasteiger partial charge on any atom is 0.336 e. The molecule has 3 rings (SSSR count). The maximum absolute atomic E-state index is 13.1. The number of aliphatic hydroxyl groups is 1. The van der Waals surface area contributed by atoms with Crippen molar-refractivity contribution in [2.45, 2.75) is 37.5 Å². The van der Waals surface area contributed by atoms with Crippen LogP contribution in [0, 0.1) is 12.7 Å². The zero-order valence-electron chi connectivity index (χ0n) is 17.0. The molecule has 1 aromatic heterocycles. The van der Waals surface area contributed by atoms with Gasteiger partial charge in [-0.05, 0) is 55.8 Å². The van der Waals surface area contributed by atoms with Gasteiger partial charge in [-0.3, -0.25) is 4.79 Å². The molecule has 0 aliphatic rings. The van der Waals surface area contributed by atoms with Crippen LogP contribution in [-0.2, 0) is 26.2 Å². The van der Waals surface area contributed by atoms with E-state index in [1.807, 2.05) is 0 Å². The van der Waals surface area contributed by atoms with Gasteiger partial charge in [-0.1, -0.05) is 11.6 Å². The van der Waals surface area contributed by atoms with Crippen molar-refractivity contribution < 1.29 is 31.9 Å². The van der Waals surface area contributed by atoms with E-state index in [9.17, 15) is 27.5 Å². The number of sulfonamides is 1. The van der Waals surface area contributed by atoms with Crippen LogP contribution in [0.3, 0.4) is 0 Å². The average molecular weight is 484 g/mol. The van der Waals surface area contributed by atoms with Crippen LogP contribution in [0.25, 0.3) is 11.0 Å². The fraction of sp³-hybridized carbons (Fsp3) is 0.238. The molecule has 0 amide bonds. The summed E-state index contributed by atoms with van der Waals surface area (Å²) >= 11 is 6.13. The number of aliphatic hydroxyl groups excluding tert-OH is 1. The van der Waals surface area contributed by atoms with Gasteiger partial charge in [0, 0.05) is 22.0 Å². The zero-order chi connectivity index (χ0) is 23.6. The minimum Gasteiger partial charge on any atom is -0.460 e. The first-order valence-corrected chi connectivity index (χ1v) is 11.2. The first-order valence-electron chi connectivity index (χ1n) is 9.33. The zero-order valence-corrected chi connectivity index (χ0v) is 18.5. The van der Waals surface area contributed by atoms with Crippen molar-refractivity contribution in [2.24, 2.45) is 0 Å². The Bertz CT molecular complexity index is 1320. The fourth-order valence-electron chi connectivity index (χ4n) is 2.90. The number of aryl methyl sites for hydroxylation is 1. The lowest BCUT2D eigenvalue weighted by atomic mass is 10.1. The van der Waals surface area contributed by atoms with Crippen LogP contribution in [0.15, 0.2) is 56.6 Å². The van der Waals surface area contributed by atoms with Gasteiger partial charge in [0.25, 0.3) is 0 Å². The molecule has 0 radical (unpaired) electrons. The van der Waals surface area contributed by atoms with E-state index in [1.165, 1.54) is 6.92 Å². The molecule has 1 heterocycles. The van der Waals surface area contributed by atoms with Crippen LogP contribution in [0.2, 0.25) is 5.02 Å². The van der Waals surface area contributed by atoms with Gasteiger partial charge in [0.05, 0.1) is 11.0 Å². The van der Waals surface area contributed by atoms with Gasteiger partial charge in [-0.2, -0.15) is 4.72 Å². The molecular weight excluding hydrogens is 465 g/mol. The van der Waals surface area contributed by atoms with Crippen molar-refractivity contribution in [2.75, 3.05) is 0 Å². The Morgan fingerprint density at radius 3 is 2.53 bits per heavy atom. The number of esters is 1. The predicted octanol–water partition coefficient (Wildman–Crippen LogP) is 2.67. The van der Waals surface area contributed by atoms with Crippen molar-refractivity contribution >= 4 is 38.6 Å². The Hall–Kier alpha value is -2.79.